The van der Waals surface area contributed by atoms with Crippen LogP contribution in [0.2, 0.25) is 0 Å². The average Bonchev–Trinajstić information content (AvgIpc) is 2.84. The van der Waals surface area contributed by atoms with Crippen molar-refractivity contribution in [3.05, 3.63) is 51.8 Å². The van der Waals surface area contributed by atoms with E-state index in [0.29, 0.717) is 17.7 Å². The van der Waals surface area contributed by atoms with E-state index in [1.165, 1.54) is 7.11 Å². The van der Waals surface area contributed by atoms with Crippen LogP contribution >= 0.6 is 15.9 Å². The summed E-state index contributed by atoms with van der Waals surface area (Å²) in [5.74, 6) is -0.413. The Morgan fingerprint density at radius 2 is 1.88 bits per heavy atom. The Bertz CT molecular complexity index is 891. The van der Waals surface area contributed by atoms with Crippen LogP contribution in [0.5, 0.6) is 0 Å². The van der Waals surface area contributed by atoms with Gasteiger partial charge in [-0.15, -0.1) is 4.99 Å². The van der Waals surface area contributed by atoms with Crippen LogP contribution in [-0.4, -0.2) is 33.9 Å². The standard InChI is InChI=1S/C18H22BrN3O4/c1-18(2,3)26-17(24)20-16-21(4)6-7-22(16)11-12-8-13(15(23)25-5)10-14(19)9-12/h6-10H,11H2,1-5H3/b20-16-. The molecule has 1 amide bonds. The molecule has 0 aliphatic carbocycles. The number of esters is 1. The van der Waals surface area contributed by atoms with E-state index in [2.05, 4.69) is 20.9 Å². The number of aryl methyl sites for hydroxylation is 1. The number of carbonyl (C=O) groups is 2. The average molecular weight is 424 g/mol. The maximum Gasteiger partial charge on any atom is 0.437 e. The summed E-state index contributed by atoms with van der Waals surface area (Å²) in [6.45, 7) is 5.78. The summed E-state index contributed by atoms with van der Waals surface area (Å²) in [5.41, 5.74) is 1.13. The highest BCUT2D eigenvalue weighted by Crippen LogP contribution is 2.17. The second kappa shape index (κ2) is 7.90. The molecule has 1 aromatic heterocycles. The van der Waals surface area contributed by atoms with Crippen molar-refractivity contribution in [3.63, 3.8) is 0 Å². The molecule has 0 unspecified atom stereocenters. The Hall–Kier alpha value is -2.35. The van der Waals surface area contributed by atoms with Crippen molar-refractivity contribution >= 4 is 28.0 Å². The van der Waals surface area contributed by atoms with Crippen molar-refractivity contribution in [3.8, 4) is 0 Å². The van der Waals surface area contributed by atoms with E-state index in [0.717, 1.165) is 10.0 Å². The first kappa shape index (κ1) is 20.0. The van der Waals surface area contributed by atoms with Crippen LogP contribution in [0, 0.1) is 0 Å². The van der Waals surface area contributed by atoms with Crippen LogP contribution in [0.25, 0.3) is 0 Å². The number of ether oxygens (including phenoxy) is 2. The van der Waals surface area contributed by atoms with Crippen molar-refractivity contribution in [1.82, 2.24) is 9.13 Å². The second-order valence-electron chi connectivity index (χ2n) is 6.77. The molecule has 2 rings (SSSR count). The third kappa shape index (κ3) is 5.32. The van der Waals surface area contributed by atoms with Crippen molar-refractivity contribution in [2.45, 2.75) is 32.9 Å². The number of carbonyl (C=O) groups excluding carboxylic acids is 2. The summed E-state index contributed by atoms with van der Waals surface area (Å²) in [7, 11) is 3.13. The Balaban J connectivity index is 2.36. The molecule has 0 aliphatic rings. The summed E-state index contributed by atoms with van der Waals surface area (Å²) in [6.07, 6.45) is 2.95. The van der Waals surface area contributed by atoms with Gasteiger partial charge in [0.15, 0.2) is 0 Å². The first-order chi connectivity index (χ1) is 12.1. The van der Waals surface area contributed by atoms with Gasteiger partial charge < -0.3 is 18.6 Å². The van der Waals surface area contributed by atoms with E-state index in [1.54, 1.807) is 55.3 Å². The van der Waals surface area contributed by atoms with Crippen LogP contribution in [0.4, 0.5) is 4.79 Å². The van der Waals surface area contributed by atoms with E-state index < -0.39 is 17.7 Å². The van der Waals surface area contributed by atoms with E-state index in [4.69, 9.17) is 9.47 Å². The molecular weight excluding hydrogens is 402 g/mol. The van der Waals surface area contributed by atoms with E-state index in [1.807, 2.05) is 12.3 Å². The van der Waals surface area contributed by atoms with E-state index in [9.17, 15) is 9.59 Å². The number of hydrogen-bond donors (Lipinski definition) is 0. The number of nitrogens with zero attached hydrogens (tertiary/aromatic N) is 3. The number of methoxy groups -OCH3 is 1. The predicted molar refractivity (Wildman–Crippen MR) is 99.8 cm³/mol. The van der Waals surface area contributed by atoms with Gasteiger partial charge in [0, 0.05) is 23.9 Å². The van der Waals surface area contributed by atoms with Gasteiger partial charge in [-0.05, 0) is 44.5 Å². The van der Waals surface area contributed by atoms with Crippen molar-refractivity contribution in [1.29, 1.82) is 0 Å². The lowest BCUT2D eigenvalue weighted by atomic mass is 10.1. The summed E-state index contributed by atoms with van der Waals surface area (Å²) in [5, 5.41) is 0. The molecule has 2 aromatic rings. The van der Waals surface area contributed by atoms with Gasteiger partial charge in [-0.2, -0.15) is 0 Å². The van der Waals surface area contributed by atoms with Gasteiger partial charge in [0.05, 0.1) is 19.2 Å². The zero-order valence-corrected chi connectivity index (χ0v) is 17.0. The van der Waals surface area contributed by atoms with Crippen molar-refractivity contribution in [2.24, 2.45) is 12.0 Å². The number of benzene rings is 1. The fraction of sp³-hybridized carbons (Fsp3) is 0.389. The van der Waals surface area contributed by atoms with E-state index in [-0.39, 0.29) is 0 Å². The molecule has 0 bridgehead atoms. The highest BCUT2D eigenvalue weighted by Gasteiger charge is 2.16. The number of rotatable bonds is 3. The molecule has 0 N–H and O–H groups in total. The smallest absolute Gasteiger partial charge is 0.437 e. The summed E-state index contributed by atoms with van der Waals surface area (Å²) in [4.78, 5) is 27.9. The van der Waals surface area contributed by atoms with Crippen LogP contribution in [0.15, 0.2) is 40.1 Å². The summed E-state index contributed by atoms with van der Waals surface area (Å²) in [6, 6.07) is 5.33. The second-order valence-corrected chi connectivity index (χ2v) is 7.68. The first-order valence-electron chi connectivity index (χ1n) is 7.96. The SMILES string of the molecule is COC(=O)c1cc(Br)cc(Cn2ccn(C)/c2=N/C(=O)OC(C)(C)C)c1. The quantitative estimate of drug-likeness (QED) is 0.709. The monoisotopic (exact) mass is 423 g/mol. The predicted octanol–water partition coefficient (Wildman–Crippen LogP) is 3.26. The van der Waals surface area contributed by atoms with Crippen LogP contribution in [0.1, 0.15) is 36.7 Å². The molecule has 0 radical (unpaired) electrons. The minimum atomic E-state index is -0.655. The fourth-order valence-corrected chi connectivity index (χ4v) is 2.86. The van der Waals surface area contributed by atoms with Gasteiger partial charge >= 0.3 is 12.1 Å². The van der Waals surface area contributed by atoms with Crippen LogP contribution in [0.3, 0.4) is 0 Å². The Labute approximate surface area is 160 Å². The highest BCUT2D eigenvalue weighted by molar-refractivity contribution is 9.10. The fourth-order valence-electron chi connectivity index (χ4n) is 2.32. The minimum Gasteiger partial charge on any atom is -0.465 e. The van der Waals surface area contributed by atoms with Gasteiger partial charge in [-0.25, -0.2) is 9.59 Å². The molecule has 7 nitrogen and oxygen atoms in total. The van der Waals surface area contributed by atoms with Gasteiger partial charge in [-0.1, -0.05) is 15.9 Å². The number of imidazole rings is 1. The normalized spacial score (nSPS) is 12.2. The van der Waals surface area contributed by atoms with Gasteiger partial charge in [0.2, 0.25) is 5.62 Å². The highest BCUT2D eigenvalue weighted by atomic mass is 79.9. The third-order valence-corrected chi connectivity index (χ3v) is 3.82. The lowest BCUT2D eigenvalue weighted by molar-refractivity contribution is 0.0586. The maximum atomic E-state index is 12.0. The van der Waals surface area contributed by atoms with Crippen LogP contribution in [-0.2, 0) is 23.1 Å². The van der Waals surface area contributed by atoms with Gasteiger partial charge in [0.1, 0.15) is 5.60 Å². The van der Waals surface area contributed by atoms with E-state index >= 15 is 0 Å². The summed E-state index contributed by atoms with van der Waals surface area (Å²) >= 11 is 3.40. The van der Waals surface area contributed by atoms with Crippen molar-refractivity contribution in [2.75, 3.05) is 7.11 Å². The van der Waals surface area contributed by atoms with Crippen molar-refractivity contribution < 1.29 is 19.1 Å². The summed E-state index contributed by atoms with van der Waals surface area (Å²) < 4.78 is 14.3. The lowest BCUT2D eigenvalue weighted by Crippen LogP contribution is -2.29. The Morgan fingerprint density at radius 3 is 2.50 bits per heavy atom. The zero-order chi connectivity index (χ0) is 19.5. The minimum absolute atomic E-state index is 0.413. The number of amides is 1. The molecule has 26 heavy (non-hydrogen) atoms. The largest absolute Gasteiger partial charge is 0.465 e. The lowest BCUT2D eigenvalue weighted by Gasteiger charge is -2.17. The van der Waals surface area contributed by atoms with Gasteiger partial charge in [0.25, 0.3) is 0 Å². The topological polar surface area (TPSA) is 74.8 Å². The molecular formula is C18H22BrN3O4. The Kier molecular flexibility index (Phi) is 6.07. The van der Waals surface area contributed by atoms with Crippen LogP contribution < -0.4 is 5.62 Å². The molecule has 0 atom stereocenters. The molecule has 1 aromatic carbocycles. The van der Waals surface area contributed by atoms with Gasteiger partial charge in [-0.3, -0.25) is 0 Å². The molecule has 0 saturated carbocycles. The zero-order valence-electron chi connectivity index (χ0n) is 15.4. The number of halogens is 1. The molecule has 1 heterocycles. The molecule has 0 fully saturated rings. The molecule has 8 heteroatoms. The number of aromatic nitrogens is 2. The maximum absolute atomic E-state index is 12.0. The Morgan fingerprint density at radius 1 is 1.19 bits per heavy atom. The number of hydrogen-bond acceptors (Lipinski definition) is 4. The molecule has 140 valence electrons. The first-order valence-corrected chi connectivity index (χ1v) is 8.75. The third-order valence-electron chi connectivity index (χ3n) is 3.36. The molecule has 0 aliphatic heterocycles. The molecule has 0 saturated heterocycles. The molecule has 0 spiro atoms.